The van der Waals surface area contributed by atoms with Gasteiger partial charge in [-0.15, -0.1) is 0 Å². The van der Waals surface area contributed by atoms with Gasteiger partial charge < -0.3 is 5.11 Å². The zero-order valence-corrected chi connectivity index (χ0v) is 10.4. The van der Waals surface area contributed by atoms with Gasteiger partial charge in [-0.25, -0.2) is 4.68 Å². The summed E-state index contributed by atoms with van der Waals surface area (Å²) in [6, 6.07) is 0. The third kappa shape index (κ3) is 2.52. The Balaban J connectivity index is 3.13. The van der Waals surface area contributed by atoms with Crippen LogP contribution in [0.5, 0.6) is 5.88 Å². The van der Waals surface area contributed by atoms with Crippen molar-refractivity contribution in [1.29, 1.82) is 0 Å². The third-order valence-electron chi connectivity index (χ3n) is 2.52. The number of hydrogen-bond donors (Lipinski definition) is 1. The minimum absolute atomic E-state index is 0.332. The lowest BCUT2D eigenvalue weighted by molar-refractivity contribution is 0.398. The van der Waals surface area contributed by atoms with E-state index < -0.39 is 0 Å². The summed E-state index contributed by atoms with van der Waals surface area (Å²) in [7, 11) is 0. The van der Waals surface area contributed by atoms with E-state index in [9.17, 15) is 5.11 Å². The summed E-state index contributed by atoms with van der Waals surface area (Å²) in [5, 5.41) is 14.4. The molecule has 0 radical (unpaired) electrons. The lowest BCUT2D eigenvalue weighted by Gasteiger charge is -2.07. The highest BCUT2D eigenvalue weighted by atomic mass is 16.3. The predicted molar refractivity (Wildman–Crippen MR) is 62.2 cm³/mol. The maximum Gasteiger partial charge on any atom is 0.213 e. The number of hydrogen-bond acceptors (Lipinski definition) is 2. The molecule has 0 atom stereocenters. The van der Waals surface area contributed by atoms with Crippen molar-refractivity contribution in [3.63, 3.8) is 0 Å². The van der Waals surface area contributed by atoms with Crippen LogP contribution in [-0.4, -0.2) is 14.9 Å². The molecule has 0 unspecified atom stereocenters. The van der Waals surface area contributed by atoms with E-state index in [1.807, 2.05) is 6.92 Å². The van der Waals surface area contributed by atoms with Crippen LogP contribution in [0.4, 0.5) is 0 Å². The molecule has 1 rings (SSSR count). The van der Waals surface area contributed by atoms with Crippen LogP contribution >= 0.6 is 0 Å². The van der Waals surface area contributed by atoms with Gasteiger partial charge in [0.25, 0.3) is 0 Å². The van der Waals surface area contributed by atoms with Crippen LogP contribution in [0.15, 0.2) is 0 Å². The quantitative estimate of drug-likeness (QED) is 0.829. The number of aryl methyl sites for hydroxylation is 1. The molecule has 3 heteroatoms. The van der Waals surface area contributed by atoms with Gasteiger partial charge in [-0.2, -0.15) is 5.10 Å². The fraction of sp³-hybridized carbons (Fsp3) is 0.750. The first-order valence-electron chi connectivity index (χ1n) is 5.75. The fourth-order valence-electron chi connectivity index (χ4n) is 1.86. The van der Waals surface area contributed by atoms with Crippen molar-refractivity contribution in [2.45, 2.75) is 53.5 Å². The Bertz CT molecular complexity index is 327. The summed E-state index contributed by atoms with van der Waals surface area (Å²) in [6.07, 6.45) is 0.939. The molecule has 86 valence electrons. The minimum atomic E-state index is 0.332. The number of rotatable bonds is 4. The molecular formula is C12H22N2O. The van der Waals surface area contributed by atoms with E-state index in [4.69, 9.17) is 0 Å². The van der Waals surface area contributed by atoms with Gasteiger partial charge in [0, 0.05) is 12.1 Å². The van der Waals surface area contributed by atoms with E-state index in [1.54, 1.807) is 4.68 Å². The van der Waals surface area contributed by atoms with Crippen LogP contribution in [0.1, 0.15) is 51.8 Å². The van der Waals surface area contributed by atoms with Gasteiger partial charge >= 0.3 is 0 Å². The standard InChI is InChI=1S/C12H22N2O/c1-6-14-12(15)11(9(4)5)10(13-14)7-8(2)3/h8-9,15H,6-7H2,1-5H3. The van der Waals surface area contributed by atoms with Crippen molar-refractivity contribution in [3.8, 4) is 5.88 Å². The minimum Gasteiger partial charge on any atom is -0.493 e. The number of aromatic hydroxyl groups is 1. The van der Waals surface area contributed by atoms with Crippen molar-refractivity contribution in [3.05, 3.63) is 11.3 Å². The van der Waals surface area contributed by atoms with Crippen LogP contribution in [0.25, 0.3) is 0 Å². The average molecular weight is 210 g/mol. The second-order valence-electron chi connectivity index (χ2n) is 4.75. The molecule has 1 N–H and O–H groups in total. The maximum atomic E-state index is 9.99. The van der Waals surface area contributed by atoms with Gasteiger partial charge in [-0.3, -0.25) is 0 Å². The molecule has 0 saturated carbocycles. The summed E-state index contributed by atoms with van der Waals surface area (Å²) in [4.78, 5) is 0. The van der Waals surface area contributed by atoms with Gasteiger partial charge in [0.05, 0.1) is 5.69 Å². The summed E-state index contributed by atoms with van der Waals surface area (Å²) >= 11 is 0. The van der Waals surface area contributed by atoms with Gasteiger partial charge in [-0.05, 0) is 25.2 Å². The van der Waals surface area contributed by atoms with E-state index in [0.717, 1.165) is 24.2 Å². The van der Waals surface area contributed by atoms with Crippen LogP contribution < -0.4 is 0 Å². The van der Waals surface area contributed by atoms with E-state index in [0.29, 0.717) is 17.7 Å². The van der Waals surface area contributed by atoms with Crippen LogP contribution in [-0.2, 0) is 13.0 Å². The largest absolute Gasteiger partial charge is 0.493 e. The summed E-state index contributed by atoms with van der Waals surface area (Å²) < 4.78 is 1.69. The fourth-order valence-corrected chi connectivity index (χ4v) is 1.86. The highest BCUT2D eigenvalue weighted by Gasteiger charge is 2.19. The molecule has 15 heavy (non-hydrogen) atoms. The first kappa shape index (κ1) is 12.1. The Morgan fingerprint density at radius 3 is 2.27 bits per heavy atom. The summed E-state index contributed by atoms with van der Waals surface area (Å²) in [5.41, 5.74) is 2.07. The Morgan fingerprint density at radius 1 is 1.27 bits per heavy atom. The van der Waals surface area contributed by atoms with E-state index in [1.165, 1.54) is 0 Å². The highest BCUT2D eigenvalue weighted by Crippen LogP contribution is 2.30. The summed E-state index contributed by atoms with van der Waals surface area (Å²) in [6.45, 7) is 11.3. The van der Waals surface area contributed by atoms with Crippen molar-refractivity contribution < 1.29 is 5.11 Å². The smallest absolute Gasteiger partial charge is 0.213 e. The summed E-state index contributed by atoms with van der Waals surface area (Å²) in [5.74, 6) is 1.25. The van der Waals surface area contributed by atoms with Gasteiger partial charge in [-0.1, -0.05) is 27.7 Å². The maximum absolute atomic E-state index is 9.99. The normalized spacial score (nSPS) is 11.7. The van der Waals surface area contributed by atoms with Crippen molar-refractivity contribution in [2.75, 3.05) is 0 Å². The SMILES string of the molecule is CCn1nc(CC(C)C)c(C(C)C)c1O. The monoisotopic (exact) mass is 210 g/mol. The zero-order chi connectivity index (χ0) is 11.6. The first-order valence-corrected chi connectivity index (χ1v) is 5.75. The van der Waals surface area contributed by atoms with Gasteiger partial charge in [0.15, 0.2) is 0 Å². The molecule has 1 aromatic heterocycles. The molecule has 0 aromatic carbocycles. The molecule has 0 bridgehead atoms. The number of nitrogens with zero attached hydrogens (tertiary/aromatic N) is 2. The first-order chi connectivity index (χ1) is 6.97. The lowest BCUT2D eigenvalue weighted by atomic mass is 9.98. The molecule has 0 aliphatic heterocycles. The van der Waals surface area contributed by atoms with Gasteiger partial charge in [0.1, 0.15) is 0 Å². The van der Waals surface area contributed by atoms with E-state index >= 15 is 0 Å². The topological polar surface area (TPSA) is 38.0 Å². The Labute approximate surface area is 92.1 Å². The molecule has 1 aromatic rings. The van der Waals surface area contributed by atoms with Crippen molar-refractivity contribution in [2.24, 2.45) is 5.92 Å². The molecule has 1 heterocycles. The van der Waals surface area contributed by atoms with Gasteiger partial charge in [0.2, 0.25) is 5.88 Å². The predicted octanol–water partition coefficient (Wildman–Crippen LogP) is 2.93. The molecule has 0 fully saturated rings. The molecule has 3 nitrogen and oxygen atoms in total. The molecular weight excluding hydrogens is 188 g/mol. The Kier molecular flexibility index (Phi) is 3.77. The van der Waals surface area contributed by atoms with Crippen LogP contribution in [0.2, 0.25) is 0 Å². The van der Waals surface area contributed by atoms with Crippen molar-refractivity contribution in [1.82, 2.24) is 9.78 Å². The Morgan fingerprint density at radius 2 is 1.87 bits per heavy atom. The van der Waals surface area contributed by atoms with E-state index in [-0.39, 0.29) is 0 Å². The average Bonchev–Trinajstić information content (AvgIpc) is 2.41. The molecule has 0 amide bonds. The molecule has 0 aliphatic carbocycles. The number of aromatic nitrogens is 2. The molecule has 0 aliphatic rings. The second-order valence-corrected chi connectivity index (χ2v) is 4.75. The van der Waals surface area contributed by atoms with Crippen molar-refractivity contribution >= 4 is 0 Å². The third-order valence-corrected chi connectivity index (χ3v) is 2.52. The van der Waals surface area contributed by atoms with Crippen LogP contribution in [0, 0.1) is 5.92 Å². The molecule has 0 spiro atoms. The molecule has 0 saturated heterocycles. The second kappa shape index (κ2) is 4.69. The van der Waals surface area contributed by atoms with Crippen LogP contribution in [0.3, 0.4) is 0 Å². The lowest BCUT2D eigenvalue weighted by Crippen LogP contribution is -2.00. The Hall–Kier alpha value is -0.990. The van der Waals surface area contributed by atoms with E-state index in [2.05, 4.69) is 32.8 Å². The zero-order valence-electron chi connectivity index (χ0n) is 10.4. The highest BCUT2D eigenvalue weighted by molar-refractivity contribution is 5.33.